The van der Waals surface area contributed by atoms with Crippen LogP contribution in [0.25, 0.3) is 0 Å². The van der Waals surface area contributed by atoms with Gasteiger partial charge < -0.3 is 0 Å². The van der Waals surface area contributed by atoms with E-state index in [-0.39, 0.29) is 12.3 Å². The summed E-state index contributed by atoms with van der Waals surface area (Å²) in [6.45, 7) is 0. The van der Waals surface area contributed by atoms with Crippen LogP contribution in [0.15, 0.2) is 70.6 Å². The molecule has 0 aliphatic heterocycles. The van der Waals surface area contributed by atoms with Gasteiger partial charge in [-0.2, -0.15) is 4.99 Å². The van der Waals surface area contributed by atoms with Crippen molar-refractivity contribution in [1.29, 1.82) is 0 Å². The number of rotatable bonds is 3. The highest BCUT2D eigenvalue weighted by atomic mass is 16.1. The lowest BCUT2D eigenvalue weighted by Gasteiger charge is -1.93. The van der Waals surface area contributed by atoms with Crippen LogP contribution in [0.4, 0.5) is 5.69 Å². The van der Waals surface area contributed by atoms with Gasteiger partial charge in [-0.3, -0.25) is 4.79 Å². The minimum absolute atomic E-state index is 0.249. The van der Waals surface area contributed by atoms with Gasteiger partial charge >= 0.3 is 0 Å². The standard InChI is InChI=1S/C15H12N2O/c18-15(11-13-7-3-1-4-8-13)17-12-16-14-9-5-2-6-10-14/h1-10H,11H2. The molecule has 0 unspecified atom stereocenters. The van der Waals surface area contributed by atoms with E-state index >= 15 is 0 Å². The molecule has 0 bridgehead atoms. The summed E-state index contributed by atoms with van der Waals surface area (Å²) in [5.41, 5.74) is 1.67. The van der Waals surface area contributed by atoms with Crippen molar-refractivity contribution in [3.63, 3.8) is 0 Å². The smallest absolute Gasteiger partial charge is 0.259 e. The van der Waals surface area contributed by atoms with Gasteiger partial charge in [0.2, 0.25) is 0 Å². The Morgan fingerprint density at radius 2 is 1.56 bits per heavy atom. The fraction of sp³-hybridized carbons (Fsp3) is 0.0667. The van der Waals surface area contributed by atoms with Crippen molar-refractivity contribution in [2.75, 3.05) is 0 Å². The molecule has 2 aromatic rings. The summed E-state index contributed by atoms with van der Waals surface area (Å²) in [7, 11) is 0. The Morgan fingerprint density at radius 1 is 0.944 bits per heavy atom. The number of aliphatic imine (C=N–C) groups is 2. The van der Waals surface area contributed by atoms with Crippen LogP contribution < -0.4 is 0 Å². The van der Waals surface area contributed by atoms with E-state index in [1.54, 1.807) is 0 Å². The molecular formula is C15H12N2O. The molecule has 0 radical (unpaired) electrons. The van der Waals surface area contributed by atoms with Gasteiger partial charge in [0, 0.05) is 0 Å². The molecule has 18 heavy (non-hydrogen) atoms. The average molecular weight is 236 g/mol. The number of hydrogen-bond acceptors (Lipinski definition) is 2. The third kappa shape index (κ3) is 3.81. The summed E-state index contributed by atoms with van der Waals surface area (Å²) in [6, 6.07) is 21.2. The largest absolute Gasteiger partial charge is 0.271 e. The highest BCUT2D eigenvalue weighted by molar-refractivity contribution is 5.84. The second kappa shape index (κ2) is 6.28. The van der Waals surface area contributed by atoms with Crippen molar-refractivity contribution in [2.24, 2.45) is 9.98 Å². The summed E-state index contributed by atoms with van der Waals surface area (Å²) in [4.78, 5) is 19.1. The summed E-state index contributed by atoms with van der Waals surface area (Å²) in [5, 5.41) is 0. The fourth-order valence-corrected chi connectivity index (χ4v) is 1.45. The van der Waals surface area contributed by atoms with Crippen LogP contribution in [0, 0.1) is 0 Å². The molecule has 0 N–H and O–H groups in total. The third-order valence-electron chi connectivity index (χ3n) is 2.31. The summed E-state index contributed by atoms with van der Waals surface area (Å²) in [5.74, 6) is -0.249. The first-order chi connectivity index (χ1) is 8.84. The van der Waals surface area contributed by atoms with Crippen molar-refractivity contribution in [3.05, 3.63) is 66.2 Å². The normalized spacial score (nSPS) is 9.33. The Labute approximate surface area is 106 Å². The van der Waals surface area contributed by atoms with Gasteiger partial charge in [0.1, 0.15) is 6.01 Å². The zero-order valence-electron chi connectivity index (χ0n) is 9.78. The lowest BCUT2D eigenvalue weighted by atomic mass is 10.1. The molecule has 0 atom stereocenters. The highest BCUT2D eigenvalue weighted by Gasteiger charge is 1.99. The van der Waals surface area contributed by atoms with Gasteiger partial charge in [0.25, 0.3) is 5.91 Å². The first kappa shape index (κ1) is 12.0. The Hall–Kier alpha value is -2.51. The second-order valence-electron chi connectivity index (χ2n) is 3.72. The van der Waals surface area contributed by atoms with E-state index in [0.717, 1.165) is 11.3 Å². The van der Waals surface area contributed by atoms with E-state index in [9.17, 15) is 4.79 Å². The molecule has 2 aromatic carbocycles. The summed E-state index contributed by atoms with van der Waals surface area (Å²) in [6.07, 6.45) is 0.276. The number of hydrogen-bond donors (Lipinski definition) is 0. The van der Waals surface area contributed by atoms with Gasteiger partial charge in [-0.25, -0.2) is 0 Å². The van der Waals surface area contributed by atoms with Gasteiger partial charge in [-0.1, -0.05) is 48.5 Å². The third-order valence-corrected chi connectivity index (χ3v) is 2.31. The van der Waals surface area contributed by atoms with E-state index in [4.69, 9.17) is 0 Å². The van der Waals surface area contributed by atoms with Crippen molar-refractivity contribution in [1.82, 2.24) is 0 Å². The maximum Gasteiger partial charge on any atom is 0.259 e. The summed E-state index contributed by atoms with van der Waals surface area (Å²) >= 11 is 0. The number of carbonyl (C=O) groups is 1. The van der Waals surface area contributed by atoms with Crippen molar-refractivity contribution in [3.8, 4) is 0 Å². The van der Waals surface area contributed by atoms with E-state index in [0.29, 0.717) is 0 Å². The molecule has 0 aromatic heterocycles. The number of nitrogens with zero attached hydrogens (tertiary/aromatic N) is 2. The molecule has 0 saturated carbocycles. The molecule has 88 valence electrons. The minimum Gasteiger partial charge on any atom is -0.271 e. The Kier molecular flexibility index (Phi) is 4.17. The maximum atomic E-state index is 11.5. The van der Waals surface area contributed by atoms with Crippen molar-refractivity contribution >= 4 is 17.6 Å². The van der Waals surface area contributed by atoms with E-state index in [2.05, 4.69) is 16.0 Å². The van der Waals surface area contributed by atoms with E-state index in [1.165, 1.54) is 0 Å². The number of carbonyl (C=O) groups excluding carboxylic acids is 1. The molecule has 1 amide bonds. The van der Waals surface area contributed by atoms with Crippen LogP contribution >= 0.6 is 0 Å². The maximum absolute atomic E-state index is 11.5. The first-order valence-corrected chi connectivity index (χ1v) is 5.63. The first-order valence-electron chi connectivity index (χ1n) is 5.63. The van der Waals surface area contributed by atoms with Crippen LogP contribution in [0.2, 0.25) is 0 Å². The second-order valence-corrected chi connectivity index (χ2v) is 3.72. The molecule has 3 heteroatoms. The molecule has 0 spiro atoms. The van der Waals surface area contributed by atoms with Crippen LogP contribution in [0.5, 0.6) is 0 Å². The Morgan fingerprint density at radius 3 is 2.22 bits per heavy atom. The Bertz CT molecular complexity index is 570. The molecule has 0 heterocycles. The molecule has 0 aliphatic rings. The zero-order chi connectivity index (χ0) is 12.6. The molecule has 0 aliphatic carbocycles. The quantitative estimate of drug-likeness (QED) is 0.754. The zero-order valence-corrected chi connectivity index (χ0v) is 9.78. The van der Waals surface area contributed by atoms with Gasteiger partial charge in [-0.05, 0) is 17.7 Å². The molecule has 2 rings (SSSR count). The van der Waals surface area contributed by atoms with Crippen molar-refractivity contribution < 1.29 is 4.79 Å². The topological polar surface area (TPSA) is 41.8 Å². The van der Waals surface area contributed by atoms with Crippen LogP contribution in [-0.4, -0.2) is 11.9 Å². The highest BCUT2D eigenvalue weighted by Crippen LogP contribution is 2.07. The van der Waals surface area contributed by atoms with E-state index in [1.807, 2.05) is 60.7 Å². The molecular weight excluding hydrogens is 224 g/mol. The number of para-hydroxylation sites is 1. The molecule has 0 saturated heterocycles. The summed E-state index contributed by atoms with van der Waals surface area (Å²) < 4.78 is 0. The van der Waals surface area contributed by atoms with Crippen LogP contribution in [-0.2, 0) is 11.2 Å². The van der Waals surface area contributed by atoms with Gasteiger partial charge in [0.05, 0.1) is 12.1 Å². The monoisotopic (exact) mass is 236 g/mol. The van der Waals surface area contributed by atoms with Gasteiger partial charge in [-0.15, -0.1) is 4.99 Å². The number of amides is 1. The van der Waals surface area contributed by atoms with E-state index < -0.39 is 0 Å². The molecule has 3 nitrogen and oxygen atoms in total. The van der Waals surface area contributed by atoms with Gasteiger partial charge in [0.15, 0.2) is 0 Å². The van der Waals surface area contributed by atoms with Crippen molar-refractivity contribution in [2.45, 2.75) is 6.42 Å². The predicted molar refractivity (Wildman–Crippen MR) is 71.1 cm³/mol. The molecule has 0 fully saturated rings. The van der Waals surface area contributed by atoms with Crippen LogP contribution in [0.1, 0.15) is 5.56 Å². The van der Waals surface area contributed by atoms with Crippen LogP contribution in [0.3, 0.4) is 0 Å². The fourth-order valence-electron chi connectivity index (χ4n) is 1.45. The Balaban J connectivity index is 1.98. The number of benzene rings is 2. The minimum atomic E-state index is -0.249. The SMILES string of the molecule is O=C(Cc1ccccc1)N=C=Nc1ccccc1. The lowest BCUT2D eigenvalue weighted by Crippen LogP contribution is -1.97. The average Bonchev–Trinajstić information content (AvgIpc) is 2.41. The lowest BCUT2D eigenvalue weighted by molar-refractivity contribution is -0.117. The predicted octanol–water partition coefficient (Wildman–Crippen LogP) is 3.26.